The smallest absolute Gasteiger partial charge is 0.232 e. The predicted octanol–water partition coefficient (Wildman–Crippen LogP) is 5.60. The average molecular weight is 576 g/mol. The first-order valence-corrected chi connectivity index (χ1v) is 14.4. The molecule has 0 unspecified atom stereocenters. The van der Waals surface area contributed by atoms with Gasteiger partial charge in [-0.1, -0.05) is 80.6 Å². The molecule has 0 fully saturated rings. The lowest BCUT2D eigenvalue weighted by atomic mass is 10.1. The van der Waals surface area contributed by atoms with Gasteiger partial charge in [-0.15, -0.1) is 0 Å². The van der Waals surface area contributed by atoms with Gasteiger partial charge in [-0.3, -0.25) is 4.90 Å². The van der Waals surface area contributed by atoms with E-state index in [2.05, 4.69) is 80.5 Å². The number of nitrogen functional groups attached to an aromatic ring is 2. The minimum Gasteiger partial charge on any atom is -0.368 e. The Labute approximate surface area is 251 Å². The molecule has 6 N–H and O–H groups in total. The average Bonchev–Trinajstić information content (AvgIpc) is 3.01. The van der Waals surface area contributed by atoms with E-state index in [9.17, 15) is 0 Å². The van der Waals surface area contributed by atoms with Crippen LogP contribution in [0.4, 0.5) is 35.2 Å². The summed E-state index contributed by atoms with van der Waals surface area (Å²) in [4.78, 5) is 29.3. The van der Waals surface area contributed by atoms with Crippen molar-refractivity contribution in [2.75, 3.05) is 22.1 Å². The third-order valence-corrected chi connectivity index (χ3v) is 7.21. The summed E-state index contributed by atoms with van der Waals surface area (Å²) in [5.41, 5.74) is 17.6. The molecule has 11 nitrogen and oxygen atoms in total. The molecule has 0 aliphatic rings. The van der Waals surface area contributed by atoms with Gasteiger partial charge < -0.3 is 22.1 Å². The highest BCUT2D eigenvalue weighted by Crippen LogP contribution is 2.26. The first-order chi connectivity index (χ1) is 20.9. The van der Waals surface area contributed by atoms with E-state index in [-0.39, 0.29) is 17.9 Å². The molecule has 11 heteroatoms. The van der Waals surface area contributed by atoms with E-state index in [0.29, 0.717) is 36.6 Å². The highest BCUT2D eigenvalue weighted by molar-refractivity contribution is 5.59. The van der Waals surface area contributed by atoms with E-state index in [1.165, 1.54) is 0 Å². The first kappa shape index (κ1) is 29.3. The van der Waals surface area contributed by atoms with Crippen LogP contribution in [0.1, 0.15) is 55.2 Å². The standard InChI is InChI=1S/C32H37N11/c1-4-22-13-9-11-17-25(22)35-31-39-27(37-29(33)41-31)19-43(21(3)24-15-7-6-8-16-24)20-28-38-30(34)42-32(40-28)36-26-18-12-10-14-23(26)5-2/h6-18,21H,4-5,19-20H2,1-3H3,(H3,33,35,37,39,41)(H3,34,36,38,40,42)/t21-/m0/s1. The molecule has 5 aromatic rings. The number of aryl methyl sites for hydroxylation is 2. The van der Waals surface area contributed by atoms with E-state index in [0.717, 1.165) is 40.9 Å². The Morgan fingerprint density at radius 3 is 1.51 bits per heavy atom. The fourth-order valence-electron chi connectivity index (χ4n) is 4.91. The van der Waals surface area contributed by atoms with E-state index < -0.39 is 0 Å². The Balaban J connectivity index is 1.44. The van der Waals surface area contributed by atoms with Gasteiger partial charge in [-0.2, -0.15) is 29.9 Å². The summed E-state index contributed by atoms with van der Waals surface area (Å²) in [5.74, 6) is 2.09. The molecule has 2 aromatic heterocycles. The number of aromatic nitrogens is 6. The van der Waals surface area contributed by atoms with Crippen molar-refractivity contribution in [1.82, 2.24) is 34.8 Å². The lowest BCUT2D eigenvalue weighted by Gasteiger charge is -2.28. The van der Waals surface area contributed by atoms with Crippen molar-refractivity contribution in [2.45, 2.75) is 52.7 Å². The van der Waals surface area contributed by atoms with Gasteiger partial charge in [0.15, 0.2) is 0 Å². The van der Waals surface area contributed by atoms with Crippen LogP contribution in [-0.4, -0.2) is 34.8 Å². The highest BCUT2D eigenvalue weighted by Gasteiger charge is 2.21. The second-order valence-electron chi connectivity index (χ2n) is 10.1. The van der Waals surface area contributed by atoms with Crippen LogP contribution in [0.25, 0.3) is 0 Å². The van der Waals surface area contributed by atoms with Gasteiger partial charge in [0.25, 0.3) is 0 Å². The summed E-state index contributed by atoms with van der Waals surface area (Å²) in [6.45, 7) is 7.06. The van der Waals surface area contributed by atoms with E-state index in [4.69, 9.17) is 21.4 Å². The van der Waals surface area contributed by atoms with Crippen LogP contribution in [0, 0.1) is 0 Å². The van der Waals surface area contributed by atoms with Crippen molar-refractivity contribution >= 4 is 35.2 Å². The topological polar surface area (TPSA) is 157 Å². The van der Waals surface area contributed by atoms with Crippen LogP contribution >= 0.6 is 0 Å². The molecule has 220 valence electrons. The molecule has 0 saturated carbocycles. The van der Waals surface area contributed by atoms with Crippen LogP contribution < -0.4 is 22.1 Å². The molecular formula is C32H37N11. The molecule has 0 spiro atoms. The fraction of sp³-hybridized carbons (Fsp3) is 0.250. The summed E-state index contributed by atoms with van der Waals surface area (Å²) in [5, 5.41) is 6.63. The monoisotopic (exact) mass is 575 g/mol. The predicted molar refractivity (Wildman–Crippen MR) is 171 cm³/mol. The van der Waals surface area contributed by atoms with Crippen molar-refractivity contribution in [3.63, 3.8) is 0 Å². The third kappa shape index (κ3) is 7.57. The zero-order valence-electron chi connectivity index (χ0n) is 24.7. The van der Waals surface area contributed by atoms with Crippen molar-refractivity contribution in [3.05, 3.63) is 107 Å². The normalized spacial score (nSPS) is 11.8. The first-order valence-electron chi connectivity index (χ1n) is 14.4. The Bertz CT molecular complexity index is 1560. The maximum absolute atomic E-state index is 6.16. The number of hydrogen-bond acceptors (Lipinski definition) is 11. The number of hydrogen-bond donors (Lipinski definition) is 4. The lowest BCUT2D eigenvalue weighted by Crippen LogP contribution is -2.29. The van der Waals surface area contributed by atoms with Crippen molar-refractivity contribution in [1.29, 1.82) is 0 Å². The fourth-order valence-corrected chi connectivity index (χ4v) is 4.91. The van der Waals surface area contributed by atoms with E-state index in [1.807, 2.05) is 54.6 Å². The summed E-state index contributed by atoms with van der Waals surface area (Å²) in [6.07, 6.45) is 1.74. The molecule has 0 radical (unpaired) electrons. The van der Waals surface area contributed by atoms with Gasteiger partial charge in [-0.05, 0) is 48.6 Å². The van der Waals surface area contributed by atoms with Gasteiger partial charge in [0, 0.05) is 17.4 Å². The van der Waals surface area contributed by atoms with Crippen molar-refractivity contribution < 1.29 is 0 Å². The zero-order valence-corrected chi connectivity index (χ0v) is 24.7. The second kappa shape index (κ2) is 13.7. The number of nitrogens with one attached hydrogen (secondary N) is 2. The molecule has 3 aromatic carbocycles. The number of rotatable bonds is 12. The number of anilines is 6. The van der Waals surface area contributed by atoms with Crippen LogP contribution in [0.15, 0.2) is 78.9 Å². The molecule has 0 aliphatic carbocycles. The van der Waals surface area contributed by atoms with Crippen molar-refractivity contribution in [2.24, 2.45) is 0 Å². The minimum atomic E-state index is -0.0355. The minimum absolute atomic E-state index is 0.0355. The quantitative estimate of drug-likeness (QED) is 0.147. The molecular weight excluding hydrogens is 538 g/mol. The molecule has 2 heterocycles. The Kier molecular flexibility index (Phi) is 9.33. The molecule has 0 bridgehead atoms. The van der Waals surface area contributed by atoms with Gasteiger partial charge in [0.1, 0.15) is 11.6 Å². The second-order valence-corrected chi connectivity index (χ2v) is 10.1. The summed E-state index contributed by atoms with van der Waals surface area (Å²) < 4.78 is 0. The van der Waals surface area contributed by atoms with Crippen LogP contribution in [-0.2, 0) is 25.9 Å². The Morgan fingerprint density at radius 2 is 1.05 bits per heavy atom. The Morgan fingerprint density at radius 1 is 0.605 bits per heavy atom. The molecule has 0 saturated heterocycles. The number of nitrogens with zero attached hydrogens (tertiary/aromatic N) is 7. The SMILES string of the molecule is CCc1ccccc1Nc1nc(N)nc(CN(Cc2nc(N)nc(Nc3ccccc3CC)n2)[C@@H](C)c2ccccc2)n1. The van der Waals surface area contributed by atoms with Gasteiger partial charge >= 0.3 is 0 Å². The molecule has 0 amide bonds. The van der Waals surface area contributed by atoms with Crippen LogP contribution in [0.5, 0.6) is 0 Å². The molecule has 0 aliphatic heterocycles. The largest absolute Gasteiger partial charge is 0.368 e. The zero-order chi connectivity index (χ0) is 30.2. The Hall–Kier alpha value is -5.16. The van der Waals surface area contributed by atoms with Gasteiger partial charge in [-0.25, -0.2) is 0 Å². The number of benzene rings is 3. The van der Waals surface area contributed by atoms with E-state index >= 15 is 0 Å². The van der Waals surface area contributed by atoms with Gasteiger partial charge in [0.2, 0.25) is 23.8 Å². The molecule has 43 heavy (non-hydrogen) atoms. The van der Waals surface area contributed by atoms with Crippen LogP contribution in [0.2, 0.25) is 0 Å². The highest BCUT2D eigenvalue weighted by atomic mass is 15.3. The maximum Gasteiger partial charge on any atom is 0.232 e. The lowest BCUT2D eigenvalue weighted by molar-refractivity contribution is 0.182. The number of nitrogens with two attached hydrogens (primary N) is 2. The van der Waals surface area contributed by atoms with Crippen molar-refractivity contribution in [3.8, 4) is 0 Å². The van der Waals surface area contributed by atoms with E-state index in [1.54, 1.807) is 0 Å². The third-order valence-electron chi connectivity index (χ3n) is 7.21. The number of para-hydroxylation sites is 2. The molecule has 1 atom stereocenters. The summed E-state index contributed by atoms with van der Waals surface area (Å²) in [7, 11) is 0. The van der Waals surface area contributed by atoms with Gasteiger partial charge in [0.05, 0.1) is 13.1 Å². The summed E-state index contributed by atoms with van der Waals surface area (Å²) >= 11 is 0. The summed E-state index contributed by atoms with van der Waals surface area (Å²) in [6, 6.07) is 26.3. The molecule has 5 rings (SSSR count). The van der Waals surface area contributed by atoms with Crippen LogP contribution in [0.3, 0.4) is 0 Å². The maximum atomic E-state index is 6.16.